The lowest BCUT2D eigenvalue weighted by atomic mass is 9.96. The van der Waals surface area contributed by atoms with Crippen LogP contribution in [0, 0.1) is 0 Å². The van der Waals surface area contributed by atoms with Crippen molar-refractivity contribution in [1.29, 1.82) is 0 Å². The van der Waals surface area contributed by atoms with Crippen molar-refractivity contribution in [2.45, 2.75) is 0 Å². The number of benzene rings is 4. The van der Waals surface area contributed by atoms with Crippen LogP contribution in [0.5, 0.6) is 0 Å². The molecule has 0 radical (unpaired) electrons. The molecule has 0 aliphatic heterocycles. The quantitative estimate of drug-likeness (QED) is 0.319. The van der Waals surface area contributed by atoms with Crippen molar-refractivity contribution in [2.75, 3.05) is 0 Å². The molecule has 0 saturated heterocycles. The van der Waals surface area contributed by atoms with Gasteiger partial charge in [-0.2, -0.15) is 0 Å². The molecule has 124 valence electrons. The molecule has 1 aromatic heterocycles. The average Bonchev–Trinajstić information content (AvgIpc) is 3.08. The van der Waals surface area contributed by atoms with Gasteiger partial charge in [-0.05, 0) is 46.5 Å². The van der Waals surface area contributed by atoms with Gasteiger partial charge >= 0.3 is 0 Å². The monoisotopic (exact) mass is 397 g/mol. The van der Waals surface area contributed by atoms with Gasteiger partial charge in [0.1, 0.15) is 0 Å². The number of fused-ring (bicyclic) bond motifs is 3. The zero-order valence-corrected chi connectivity index (χ0v) is 15.6. The SMILES string of the molecule is Brc1ccc(-c2ccccc2)cc1-c1cccc2[nH]c3ccccc3c12. The molecule has 0 aliphatic rings. The largest absolute Gasteiger partial charge is 0.354 e. The molecule has 5 rings (SSSR count). The minimum Gasteiger partial charge on any atom is -0.354 e. The predicted octanol–water partition coefficient (Wildman–Crippen LogP) is 7.42. The number of nitrogens with one attached hydrogen (secondary N) is 1. The van der Waals surface area contributed by atoms with E-state index in [0.29, 0.717) is 0 Å². The maximum Gasteiger partial charge on any atom is 0.0471 e. The molecule has 1 N–H and O–H groups in total. The summed E-state index contributed by atoms with van der Waals surface area (Å²) in [7, 11) is 0. The van der Waals surface area contributed by atoms with Gasteiger partial charge in [-0.25, -0.2) is 0 Å². The molecule has 4 aromatic carbocycles. The van der Waals surface area contributed by atoms with Gasteiger partial charge in [0, 0.05) is 26.3 Å². The van der Waals surface area contributed by atoms with Crippen molar-refractivity contribution in [3.8, 4) is 22.3 Å². The maximum atomic E-state index is 3.77. The lowest BCUT2D eigenvalue weighted by Crippen LogP contribution is -1.85. The van der Waals surface area contributed by atoms with Gasteiger partial charge in [0.2, 0.25) is 0 Å². The molecule has 0 amide bonds. The molecule has 0 aliphatic carbocycles. The van der Waals surface area contributed by atoms with Crippen molar-refractivity contribution in [3.63, 3.8) is 0 Å². The van der Waals surface area contributed by atoms with Gasteiger partial charge in [-0.1, -0.05) is 82.7 Å². The highest BCUT2D eigenvalue weighted by Crippen LogP contribution is 2.39. The highest BCUT2D eigenvalue weighted by molar-refractivity contribution is 9.10. The van der Waals surface area contributed by atoms with Crippen LogP contribution < -0.4 is 0 Å². The van der Waals surface area contributed by atoms with Gasteiger partial charge in [0.25, 0.3) is 0 Å². The molecule has 0 bridgehead atoms. The number of hydrogen-bond acceptors (Lipinski definition) is 0. The molecule has 0 unspecified atom stereocenters. The molecule has 1 heterocycles. The number of para-hydroxylation sites is 1. The number of H-pyrrole nitrogens is 1. The topological polar surface area (TPSA) is 15.8 Å². The average molecular weight is 398 g/mol. The Morgan fingerprint density at radius 1 is 0.577 bits per heavy atom. The predicted molar refractivity (Wildman–Crippen MR) is 114 cm³/mol. The van der Waals surface area contributed by atoms with Crippen molar-refractivity contribution in [1.82, 2.24) is 4.98 Å². The summed E-state index contributed by atoms with van der Waals surface area (Å²) >= 11 is 3.77. The second kappa shape index (κ2) is 6.15. The van der Waals surface area contributed by atoms with Gasteiger partial charge in [0.05, 0.1) is 0 Å². The van der Waals surface area contributed by atoms with E-state index in [2.05, 4.69) is 112 Å². The molecule has 0 spiro atoms. The summed E-state index contributed by atoms with van der Waals surface area (Å²) in [4.78, 5) is 3.54. The third-order valence-electron chi connectivity index (χ3n) is 4.89. The van der Waals surface area contributed by atoms with Crippen LogP contribution in [0.15, 0.2) is 95.5 Å². The van der Waals surface area contributed by atoms with Crippen LogP contribution in [-0.4, -0.2) is 4.98 Å². The van der Waals surface area contributed by atoms with Crippen molar-refractivity contribution < 1.29 is 0 Å². The van der Waals surface area contributed by atoms with E-state index < -0.39 is 0 Å². The van der Waals surface area contributed by atoms with E-state index in [-0.39, 0.29) is 0 Å². The summed E-state index contributed by atoms with van der Waals surface area (Å²) in [5, 5.41) is 2.53. The Labute approximate surface area is 160 Å². The van der Waals surface area contributed by atoms with Gasteiger partial charge in [-0.3, -0.25) is 0 Å². The Morgan fingerprint density at radius 3 is 2.23 bits per heavy atom. The lowest BCUT2D eigenvalue weighted by Gasteiger charge is -2.10. The zero-order valence-electron chi connectivity index (χ0n) is 14.0. The highest BCUT2D eigenvalue weighted by atomic mass is 79.9. The molecular weight excluding hydrogens is 382 g/mol. The number of halogens is 1. The lowest BCUT2D eigenvalue weighted by molar-refractivity contribution is 1.54. The van der Waals surface area contributed by atoms with Crippen molar-refractivity contribution in [2.24, 2.45) is 0 Å². The number of hydrogen-bond donors (Lipinski definition) is 1. The van der Waals surface area contributed by atoms with E-state index in [1.807, 2.05) is 0 Å². The Balaban J connectivity index is 1.81. The fraction of sp³-hybridized carbons (Fsp3) is 0. The van der Waals surface area contributed by atoms with Gasteiger partial charge in [-0.15, -0.1) is 0 Å². The van der Waals surface area contributed by atoms with Crippen LogP contribution in [0.3, 0.4) is 0 Å². The molecule has 1 nitrogen and oxygen atoms in total. The standard InChI is InChI=1S/C24H16BrN/c25-21-14-13-17(16-7-2-1-3-8-16)15-20(21)18-10-6-12-23-24(18)19-9-4-5-11-22(19)26-23/h1-15,26H. The van der Waals surface area contributed by atoms with E-state index in [1.165, 1.54) is 44.1 Å². The first-order chi connectivity index (χ1) is 12.8. The summed E-state index contributed by atoms with van der Waals surface area (Å²) in [6.07, 6.45) is 0. The Kier molecular flexibility index (Phi) is 3.65. The van der Waals surface area contributed by atoms with E-state index in [0.717, 1.165) is 4.47 Å². The summed E-state index contributed by atoms with van der Waals surface area (Å²) in [5.74, 6) is 0. The third-order valence-corrected chi connectivity index (χ3v) is 5.59. The first-order valence-corrected chi connectivity index (χ1v) is 9.45. The molecule has 2 heteroatoms. The fourth-order valence-electron chi connectivity index (χ4n) is 3.67. The van der Waals surface area contributed by atoms with Crippen LogP contribution in [0.4, 0.5) is 0 Å². The van der Waals surface area contributed by atoms with E-state index in [4.69, 9.17) is 0 Å². The zero-order chi connectivity index (χ0) is 17.5. The minimum absolute atomic E-state index is 1.11. The van der Waals surface area contributed by atoms with Gasteiger partial charge < -0.3 is 4.98 Å². The summed E-state index contributed by atoms with van der Waals surface area (Å²) in [5.41, 5.74) is 7.24. The number of aromatic amines is 1. The number of aromatic nitrogens is 1. The summed E-state index contributed by atoms with van der Waals surface area (Å²) in [6, 6.07) is 32.1. The van der Waals surface area contributed by atoms with Crippen molar-refractivity contribution in [3.05, 3.63) is 95.5 Å². The van der Waals surface area contributed by atoms with Crippen LogP contribution in [0.25, 0.3) is 44.1 Å². The third kappa shape index (κ3) is 2.46. The summed E-state index contributed by atoms with van der Waals surface area (Å²) in [6.45, 7) is 0. The molecule has 5 aromatic rings. The first kappa shape index (κ1) is 15.4. The molecule has 0 atom stereocenters. The minimum atomic E-state index is 1.11. The second-order valence-electron chi connectivity index (χ2n) is 6.46. The molecule has 0 fully saturated rings. The Morgan fingerprint density at radius 2 is 1.35 bits per heavy atom. The molecule has 0 saturated carbocycles. The maximum absolute atomic E-state index is 3.77. The molecular formula is C24H16BrN. The normalized spacial score (nSPS) is 11.3. The Hall–Kier alpha value is -2.84. The second-order valence-corrected chi connectivity index (χ2v) is 7.31. The summed E-state index contributed by atoms with van der Waals surface area (Å²) < 4.78 is 1.11. The van der Waals surface area contributed by atoms with Crippen LogP contribution >= 0.6 is 15.9 Å². The fourth-order valence-corrected chi connectivity index (χ4v) is 4.13. The van der Waals surface area contributed by atoms with E-state index in [9.17, 15) is 0 Å². The smallest absolute Gasteiger partial charge is 0.0471 e. The Bertz CT molecular complexity index is 1240. The van der Waals surface area contributed by atoms with Gasteiger partial charge in [0.15, 0.2) is 0 Å². The van der Waals surface area contributed by atoms with Crippen molar-refractivity contribution >= 4 is 37.7 Å². The first-order valence-electron chi connectivity index (χ1n) is 8.66. The van der Waals surface area contributed by atoms with Crippen LogP contribution in [-0.2, 0) is 0 Å². The van der Waals surface area contributed by atoms with Crippen LogP contribution in [0.1, 0.15) is 0 Å². The van der Waals surface area contributed by atoms with Crippen LogP contribution in [0.2, 0.25) is 0 Å². The van der Waals surface area contributed by atoms with E-state index in [1.54, 1.807) is 0 Å². The number of rotatable bonds is 2. The van der Waals surface area contributed by atoms with E-state index >= 15 is 0 Å². The highest BCUT2D eigenvalue weighted by Gasteiger charge is 2.13. The molecule has 26 heavy (non-hydrogen) atoms.